The van der Waals surface area contributed by atoms with Crippen LogP contribution in [0, 0.1) is 0 Å². The molecule has 0 bridgehead atoms. The molecule has 0 aliphatic heterocycles. The molecule has 0 aromatic carbocycles. The summed E-state index contributed by atoms with van der Waals surface area (Å²) in [6.07, 6.45) is 5.30. The molecule has 0 aliphatic carbocycles. The Bertz CT molecular complexity index is 552. The lowest BCUT2D eigenvalue weighted by atomic mass is 10.5. The molecule has 1 aromatic heterocycles. The van der Waals surface area contributed by atoms with E-state index >= 15 is 0 Å². The summed E-state index contributed by atoms with van der Waals surface area (Å²) < 4.78 is 27.4. The van der Waals surface area contributed by atoms with Gasteiger partial charge in [-0.25, -0.2) is 0 Å². The van der Waals surface area contributed by atoms with E-state index in [1.807, 2.05) is 13.8 Å². The van der Waals surface area contributed by atoms with Crippen molar-refractivity contribution in [3.05, 3.63) is 25.3 Å². The Labute approximate surface area is 167 Å². The Hall–Kier alpha value is -2.01. The molecule has 1 heterocycles. The van der Waals surface area contributed by atoms with Crippen LogP contribution in [0.25, 0.3) is 0 Å². The van der Waals surface area contributed by atoms with Crippen molar-refractivity contribution >= 4 is 8.80 Å². The quantitative estimate of drug-likeness (QED) is 0.234. The van der Waals surface area contributed by atoms with Gasteiger partial charge in [0.2, 0.25) is 0 Å². The highest BCUT2D eigenvalue weighted by molar-refractivity contribution is 6.59. The van der Waals surface area contributed by atoms with Gasteiger partial charge >= 0.3 is 26.8 Å². The zero-order valence-electron chi connectivity index (χ0n) is 16.8. The predicted molar refractivity (Wildman–Crippen MR) is 107 cm³/mol. The molecule has 0 aliphatic rings. The Balaban J connectivity index is 2.63. The summed E-state index contributed by atoms with van der Waals surface area (Å²) in [6.45, 7) is 12.8. The summed E-state index contributed by atoms with van der Waals surface area (Å²) >= 11 is 0. The molecular weight excluding hydrogens is 382 g/mol. The number of hydrogen-bond donors (Lipinski definition) is 1. The molecule has 0 unspecified atom stereocenters. The molecule has 0 radical (unpaired) electrons. The van der Waals surface area contributed by atoms with Gasteiger partial charge in [0.1, 0.15) is 13.2 Å². The summed E-state index contributed by atoms with van der Waals surface area (Å²) in [4.78, 5) is 22.8. The zero-order chi connectivity index (χ0) is 20.7. The molecule has 9 nitrogen and oxygen atoms in total. The van der Waals surface area contributed by atoms with Crippen molar-refractivity contribution in [1.29, 1.82) is 0 Å². The number of ether oxygens (including phenoxy) is 3. The Morgan fingerprint density at radius 2 is 1.29 bits per heavy atom. The highest BCUT2D eigenvalue weighted by atomic mass is 28.4. The maximum Gasteiger partial charge on any atom is 0.498 e. The van der Waals surface area contributed by atoms with E-state index in [-0.39, 0.29) is 37.9 Å². The molecule has 0 spiro atoms. The van der Waals surface area contributed by atoms with Gasteiger partial charge in [0.25, 0.3) is 0 Å². The van der Waals surface area contributed by atoms with Gasteiger partial charge in [0, 0.05) is 19.3 Å². The lowest BCUT2D eigenvalue weighted by Crippen LogP contribution is -2.43. The second-order valence-electron chi connectivity index (χ2n) is 5.74. The van der Waals surface area contributed by atoms with Gasteiger partial charge in [-0.3, -0.25) is 0 Å². The molecule has 1 N–H and O–H groups in total. The smallest absolute Gasteiger partial charge is 0.463 e. The molecule has 158 valence electrons. The number of hydrogen-bond acceptors (Lipinski definition) is 9. The average molecular weight is 414 g/mol. The lowest BCUT2D eigenvalue weighted by molar-refractivity contribution is 0.0951. The van der Waals surface area contributed by atoms with Crippen molar-refractivity contribution in [3.8, 4) is 18.0 Å². The van der Waals surface area contributed by atoms with Gasteiger partial charge < -0.3 is 27.9 Å². The van der Waals surface area contributed by atoms with Crippen molar-refractivity contribution in [2.24, 2.45) is 0 Å². The summed E-state index contributed by atoms with van der Waals surface area (Å²) in [5.74, 6) is 0. The van der Waals surface area contributed by atoms with Crippen LogP contribution in [0.4, 0.5) is 0 Å². The van der Waals surface area contributed by atoms with Crippen molar-refractivity contribution in [1.82, 2.24) is 15.0 Å². The fourth-order valence-corrected chi connectivity index (χ4v) is 3.96. The minimum atomic E-state index is -3.19. The van der Waals surface area contributed by atoms with E-state index in [0.29, 0.717) is 25.7 Å². The third-order valence-electron chi connectivity index (χ3n) is 3.17. The molecule has 28 heavy (non-hydrogen) atoms. The Morgan fingerprint density at radius 1 is 0.821 bits per heavy atom. The van der Waals surface area contributed by atoms with Crippen molar-refractivity contribution < 1.29 is 27.9 Å². The van der Waals surface area contributed by atoms with E-state index in [0.717, 1.165) is 12.8 Å². The van der Waals surface area contributed by atoms with E-state index in [2.05, 4.69) is 28.1 Å². The standard InChI is InChI=1S/C18H31N3O6Si/c1-5-10-23-16-19-17(24-11-6-2)21-18(20-16)25-14-9-15-28(22,26-12-7-3)27-13-8-4/h5-6,22H,1-2,7-15H2,3-4H3. The van der Waals surface area contributed by atoms with E-state index in [4.69, 9.17) is 23.1 Å². The number of nitrogens with zero attached hydrogens (tertiary/aromatic N) is 3. The van der Waals surface area contributed by atoms with Crippen LogP contribution < -0.4 is 14.2 Å². The SMILES string of the molecule is C=CCOc1nc(OCC=C)nc(OCCC[Si](O)(OCCC)OCCC)n1. The van der Waals surface area contributed by atoms with E-state index in [9.17, 15) is 4.80 Å². The molecule has 0 saturated carbocycles. The monoisotopic (exact) mass is 413 g/mol. The zero-order valence-corrected chi connectivity index (χ0v) is 17.8. The van der Waals surface area contributed by atoms with Gasteiger partial charge in [-0.15, -0.1) is 15.0 Å². The third-order valence-corrected chi connectivity index (χ3v) is 5.46. The second-order valence-corrected chi connectivity index (χ2v) is 8.25. The van der Waals surface area contributed by atoms with Crippen LogP contribution in [0.2, 0.25) is 6.04 Å². The predicted octanol–water partition coefficient (Wildman–Crippen LogP) is 2.55. The van der Waals surface area contributed by atoms with Crippen molar-refractivity contribution in [3.63, 3.8) is 0 Å². The fraction of sp³-hybridized carbons (Fsp3) is 0.611. The third kappa shape index (κ3) is 9.79. The molecule has 1 rings (SSSR count). The van der Waals surface area contributed by atoms with Gasteiger partial charge in [-0.2, -0.15) is 0 Å². The Kier molecular flexibility index (Phi) is 12.1. The number of rotatable bonds is 17. The molecular formula is C18H31N3O6Si. The average Bonchev–Trinajstić information content (AvgIpc) is 2.71. The van der Waals surface area contributed by atoms with Gasteiger partial charge in [0.05, 0.1) is 6.61 Å². The molecule has 0 atom stereocenters. The minimum absolute atomic E-state index is 0.0716. The molecule has 0 saturated heterocycles. The molecule has 1 aromatic rings. The van der Waals surface area contributed by atoms with E-state index in [1.54, 1.807) is 12.2 Å². The first kappa shape index (κ1) is 24.0. The topological polar surface area (TPSA) is 105 Å². The maximum atomic E-state index is 10.6. The normalized spacial score (nSPS) is 11.1. The number of aromatic nitrogens is 3. The highest BCUT2D eigenvalue weighted by Gasteiger charge is 2.36. The van der Waals surface area contributed by atoms with Crippen LogP contribution in [0.1, 0.15) is 33.1 Å². The van der Waals surface area contributed by atoms with E-state index in [1.165, 1.54) is 0 Å². The molecule has 0 amide bonds. The fourth-order valence-electron chi connectivity index (χ4n) is 1.95. The van der Waals surface area contributed by atoms with Gasteiger partial charge in [0.15, 0.2) is 0 Å². The lowest BCUT2D eigenvalue weighted by Gasteiger charge is -2.23. The summed E-state index contributed by atoms with van der Waals surface area (Å²) in [5.41, 5.74) is 0. The van der Waals surface area contributed by atoms with Crippen LogP contribution in [-0.2, 0) is 8.85 Å². The van der Waals surface area contributed by atoms with Crippen molar-refractivity contribution in [2.45, 2.75) is 39.2 Å². The van der Waals surface area contributed by atoms with Crippen LogP contribution in [0.5, 0.6) is 18.0 Å². The molecule has 0 fully saturated rings. The first-order valence-corrected chi connectivity index (χ1v) is 11.4. The van der Waals surface area contributed by atoms with Gasteiger partial charge in [-0.1, -0.05) is 39.2 Å². The van der Waals surface area contributed by atoms with Crippen LogP contribution in [0.3, 0.4) is 0 Å². The minimum Gasteiger partial charge on any atom is -0.463 e. The highest BCUT2D eigenvalue weighted by Crippen LogP contribution is 2.17. The van der Waals surface area contributed by atoms with Gasteiger partial charge in [-0.05, 0) is 19.3 Å². The largest absolute Gasteiger partial charge is 0.498 e. The van der Waals surface area contributed by atoms with E-state index < -0.39 is 8.80 Å². The first-order chi connectivity index (χ1) is 13.6. The Morgan fingerprint density at radius 3 is 1.71 bits per heavy atom. The summed E-state index contributed by atoms with van der Waals surface area (Å²) in [6, 6.07) is 0.611. The maximum absolute atomic E-state index is 10.6. The second kappa shape index (κ2) is 14.1. The first-order valence-electron chi connectivity index (χ1n) is 9.43. The summed E-state index contributed by atoms with van der Waals surface area (Å²) in [7, 11) is -3.19. The van der Waals surface area contributed by atoms with Crippen LogP contribution in [-0.4, -0.2) is 61.6 Å². The van der Waals surface area contributed by atoms with Crippen LogP contribution in [0.15, 0.2) is 25.3 Å². The molecule has 10 heteroatoms. The van der Waals surface area contributed by atoms with Crippen LogP contribution >= 0.6 is 0 Å². The summed E-state index contributed by atoms with van der Waals surface area (Å²) in [5, 5.41) is 0. The van der Waals surface area contributed by atoms with Crippen molar-refractivity contribution in [2.75, 3.05) is 33.0 Å².